The molecule has 0 fully saturated rings. The van der Waals surface area contributed by atoms with Crippen molar-refractivity contribution in [3.05, 3.63) is 39.8 Å². The summed E-state index contributed by atoms with van der Waals surface area (Å²) in [5.41, 5.74) is -0.427. The molecule has 0 bridgehead atoms. The predicted octanol–water partition coefficient (Wildman–Crippen LogP) is 3.02. The van der Waals surface area contributed by atoms with E-state index >= 15 is 0 Å². The summed E-state index contributed by atoms with van der Waals surface area (Å²) < 4.78 is 38.9. The van der Waals surface area contributed by atoms with Crippen LogP contribution in [0.1, 0.15) is 22.7 Å². The monoisotopic (exact) mass is 331 g/mol. The maximum Gasteiger partial charge on any atom is 0.435 e. The first-order valence-electron chi connectivity index (χ1n) is 6.77. The van der Waals surface area contributed by atoms with Crippen LogP contribution in [0.25, 0.3) is 0 Å². The summed E-state index contributed by atoms with van der Waals surface area (Å²) in [7, 11) is 0. The van der Waals surface area contributed by atoms with Crippen molar-refractivity contribution in [1.29, 1.82) is 0 Å². The number of aromatic nitrogens is 2. The van der Waals surface area contributed by atoms with E-state index in [0.29, 0.717) is 31.6 Å². The fourth-order valence-corrected chi connectivity index (χ4v) is 2.67. The molecule has 22 heavy (non-hydrogen) atoms. The second-order valence-electron chi connectivity index (χ2n) is 4.85. The molecular formula is C14H16F3N3OS. The van der Waals surface area contributed by atoms with E-state index in [9.17, 15) is 18.0 Å². The third-order valence-electron chi connectivity index (χ3n) is 3.06. The molecule has 0 aromatic carbocycles. The van der Waals surface area contributed by atoms with E-state index in [0.717, 1.165) is 10.9 Å². The molecule has 1 amide bonds. The lowest BCUT2D eigenvalue weighted by Gasteiger charge is -2.06. The van der Waals surface area contributed by atoms with Gasteiger partial charge >= 0.3 is 6.18 Å². The third-order valence-corrected chi connectivity index (χ3v) is 3.93. The number of halogens is 3. The van der Waals surface area contributed by atoms with Crippen molar-refractivity contribution in [1.82, 2.24) is 15.1 Å². The van der Waals surface area contributed by atoms with Crippen molar-refractivity contribution in [2.75, 3.05) is 6.54 Å². The van der Waals surface area contributed by atoms with Gasteiger partial charge in [-0.15, -0.1) is 11.3 Å². The van der Waals surface area contributed by atoms with Crippen molar-refractivity contribution in [3.63, 3.8) is 0 Å². The largest absolute Gasteiger partial charge is 0.435 e. The molecule has 2 aromatic heterocycles. The zero-order valence-corrected chi connectivity index (χ0v) is 12.8. The highest BCUT2D eigenvalue weighted by Crippen LogP contribution is 2.28. The van der Waals surface area contributed by atoms with Gasteiger partial charge in [0.15, 0.2) is 5.69 Å². The van der Waals surface area contributed by atoms with Crippen LogP contribution in [0.15, 0.2) is 23.6 Å². The van der Waals surface area contributed by atoms with Crippen molar-refractivity contribution in [3.8, 4) is 0 Å². The number of aryl methyl sites for hydroxylation is 2. The van der Waals surface area contributed by atoms with Crippen LogP contribution < -0.4 is 5.32 Å². The number of rotatable bonds is 6. The van der Waals surface area contributed by atoms with Crippen molar-refractivity contribution in [2.24, 2.45) is 0 Å². The lowest BCUT2D eigenvalue weighted by Crippen LogP contribution is -2.26. The standard InChI is InChI=1S/C14H16F3N3OS/c1-10-8-12(14(15,16)17)19-20(10)6-3-5-18-13(21)9-11-4-2-7-22-11/h2,4,7-8H,3,5-6,9H2,1H3,(H,18,21). The van der Waals surface area contributed by atoms with Crippen LogP contribution in [0.4, 0.5) is 13.2 Å². The molecule has 0 aliphatic rings. The number of hydrogen-bond acceptors (Lipinski definition) is 3. The average molecular weight is 331 g/mol. The summed E-state index contributed by atoms with van der Waals surface area (Å²) in [4.78, 5) is 12.6. The number of nitrogens with one attached hydrogen (secondary N) is 1. The molecule has 0 saturated carbocycles. The Hall–Kier alpha value is -1.83. The predicted molar refractivity (Wildman–Crippen MR) is 77.6 cm³/mol. The second kappa shape index (κ2) is 6.95. The summed E-state index contributed by atoms with van der Waals surface area (Å²) in [5.74, 6) is -0.0874. The molecule has 0 atom stereocenters. The molecule has 0 aliphatic heterocycles. The highest BCUT2D eigenvalue weighted by molar-refractivity contribution is 7.10. The number of hydrogen-bond donors (Lipinski definition) is 1. The topological polar surface area (TPSA) is 46.9 Å². The van der Waals surface area contributed by atoms with Crippen LogP contribution in [0.2, 0.25) is 0 Å². The Morgan fingerprint density at radius 1 is 1.45 bits per heavy atom. The third kappa shape index (κ3) is 4.59. The molecule has 0 saturated heterocycles. The lowest BCUT2D eigenvalue weighted by atomic mass is 10.3. The minimum Gasteiger partial charge on any atom is -0.356 e. The fraction of sp³-hybridized carbons (Fsp3) is 0.429. The molecule has 0 aliphatic carbocycles. The van der Waals surface area contributed by atoms with Gasteiger partial charge in [-0.25, -0.2) is 0 Å². The second-order valence-corrected chi connectivity index (χ2v) is 5.88. The number of thiophene rings is 1. The molecule has 0 radical (unpaired) electrons. The van der Waals surface area contributed by atoms with Gasteiger partial charge in [0.25, 0.3) is 0 Å². The zero-order valence-electron chi connectivity index (χ0n) is 12.0. The van der Waals surface area contributed by atoms with Crippen LogP contribution in [-0.4, -0.2) is 22.2 Å². The Bertz CT molecular complexity index is 620. The molecule has 0 spiro atoms. The minimum atomic E-state index is -4.43. The van der Waals surface area contributed by atoms with Crippen molar-refractivity contribution >= 4 is 17.2 Å². The molecule has 1 N–H and O–H groups in total. The Kier molecular flexibility index (Phi) is 5.23. The molecule has 120 valence electrons. The molecule has 4 nitrogen and oxygen atoms in total. The Balaban J connectivity index is 1.75. The zero-order chi connectivity index (χ0) is 16.2. The first kappa shape index (κ1) is 16.5. The van der Waals surface area contributed by atoms with E-state index in [4.69, 9.17) is 0 Å². The van der Waals surface area contributed by atoms with E-state index < -0.39 is 11.9 Å². The Morgan fingerprint density at radius 3 is 2.82 bits per heavy atom. The molecule has 0 unspecified atom stereocenters. The number of nitrogens with zero attached hydrogens (tertiary/aromatic N) is 2. The van der Waals surface area contributed by atoms with Gasteiger partial charge in [-0.2, -0.15) is 18.3 Å². The fourth-order valence-electron chi connectivity index (χ4n) is 1.97. The molecular weight excluding hydrogens is 315 g/mol. The van der Waals surface area contributed by atoms with Crippen LogP contribution in [0, 0.1) is 6.92 Å². The normalized spacial score (nSPS) is 11.6. The summed E-state index contributed by atoms with van der Waals surface area (Å²) in [5, 5.41) is 8.20. The van der Waals surface area contributed by atoms with Crippen LogP contribution in [0.3, 0.4) is 0 Å². The van der Waals surface area contributed by atoms with Gasteiger partial charge in [-0.3, -0.25) is 9.48 Å². The Labute approximate surface area is 129 Å². The van der Waals surface area contributed by atoms with Crippen LogP contribution in [-0.2, 0) is 23.9 Å². The van der Waals surface area contributed by atoms with Gasteiger partial charge in [-0.05, 0) is 30.9 Å². The molecule has 2 rings (SSSR count). The first-order valence-corrected chi connectivity index (χ1v) is 7.65. The smallest absolute Gasteiger partial charge is 0.356 e. The lowest BCUT2D eigenvalue weighted by molar-refractivity contribution is -0.141. The van der Waals surface area contributed by atoms with Crippen LogP contribution in [0.5, 0.6) is 0 Å². The highest BCUT2D eigenvalue weighted by atomic mass is 32.1. The summed E-state index contributed by atoms with van der Waals surface area (Å²) >= 11 is 1.51. The minimum absolute atomic E-state index is 0.0874. The average Bonchev–Trinajstić information content (AvgIpc) is 3.04. The first-order chi connectivity index (χ1) is 10.4. The molecule has 2 heterocycles. The van der Waals surface area contributed by atoms with Gasteiger partial charge < -0.3 is 5.32 Å². The van der Waals surface area contributed by atoms with Crippen molar-refractivity contribution < 1.29 is 18.0 Å². The van der Waals surface area contributed by atoms with Gasteiger partial charge in [0.05, 0.1) is 6.42 Å². The van der Waals surface area contributed by atoms with Crippen molar-refractivity contribution in [2.45, 2.75) is 32.5 Å². The Morgan fingerprint density at radius 2 is 2.23 bits per heavy atom. The number of alkyl halides is 3. The van der Waals surface area contributed by atoms with E-state index in [2.05, 4.69) is 10.4 Å². The maximum absolute atomic E-state index is 12.5. The highest BCUT2D eigenvalue weighted by Gasteiger charge is 2.34. The van der Waals surface area contributed by atoms with Gasteiger partial charge in [0.2, 0.25) is 5.91 Å². The summed E-state index contributed by atoms with van der Waals surface area (Å²) in [6, 6.07) is 4.79. The number of carbonyl (C=O) groups is 1. The maximum atomic E-state index is 12.5. The SMILES string of the molecule is Cc1cc(C(F)(F)F)nn1CCCNC(=O)Cc1cccs1. The van der Waals surface area contributed by atoms with Gasteiger partial charge in [0, 0.05) is 23.7 Å². The van der Waals surface area contributed by atoms with Crippen LogP contribution >= 0.6 is 11.3 Å². The summed E-state index contributed by atoms with van der Waals surface area (Å²) in [6.07, 6.45) is -3.57. The van der Waals surface area contributed by atoms with E-state index in [1.807, 2.05) is 17.5 Å². The molecule has 2 aromatic rings. The van der Waals surface area contributed by atoms with E-state index in [1.54, 1.807) is 6.92 Å². The summed E-state index contributed by atoms with van der Waals surface area (Å²) in [6.45, 7) is 2.32. The number of amides is 1. The molecule has 8 heteroatoms. The van der Waals surface area contributed by atoms with E-state index in [-0.39, 0.29) is 5.91 Å². The van der Waals surface area contributed by atoms with Gasteiger partial charge in [0.1, 0.15) is 0 Å². The van der Waals surface area contributed by atoms with Gasteiger partial charge in [-0.1, -0.05) is 6.07 Å². The number of carbonyl (C=O) groups excluding carboxylic acids is 1. The quantitative estimate of drug-likeness (QED) is 0.827. The van der Waals surface area contributed by atoms with E-state index in [1.165, 1.54) is 16.0 Å².